The van der Waals surface area contributed by atoms with Gasteiger partial charge >= 0.3 is 0 Å². The zero-order valence-electron chi connectivity index (χ0n) is 11.1. The van der Waals surface area contributed by atoms with Crippen molar-refractivity contribution in [2.24, 2.45) is 5.92 Å². The maximum Gasteiger partial charge on any atom is 0.0209 e. The summed E-state index contributed by atoms with van der Waals surface area (Å²) in [6, 6.07) is 0.627. The highest BCUT2D eigenvalue weighted by molar-refractivity contribution is 4.96. The van der Waals surface area contributed by atoms with Crippen LogP contribution in [0.2, 0.25) is 0 Å². The van der Waals surface area contributed by atoms with Gasteiger partial charge in [-0.2, -0.15) is 0 Å². The first-order valence-corrected chi connectivity index (χ1v) is 6.88. The van der Waals surface area contributed by atoms with Crippen LogP contribution in [-0.2, 0) is 0 Å². The van der Waals surface area contributed by atoms with Gasteiger partial charge in [-0.1, -0.05) is 53.4 Å². The van der Waals surface area contributed by atoms with Crippen LogP contribution in [0.1, 0.15) is 72.6 Å². The molecule has 0 radical (unpaired) electrons. The van der Waals surface area contributed by atoms with Crippen molar-refractivity contribution in [2.45, 2.75) is 84.2 Å². The third kappa shape index (κ3) is 3.48. The minimum Gasteiger partial charge on any atom is -0.309 e. The lowest BCUT2D eigenvalue weighted by Crippen LogP contribution is -2.54. The fourth-order valence-electron chi connectivity index (χ4n) is 3.14. The van der Waals surface area contributed by atoms with E-state index in [0.29, 0.717) is 11.6 Å². The molecule has 0 aromatic rings. The third-order valence-corrected chi connectivity index (χ3v) is 4.01. The third-order valence-electron chi connectivity index (χ3n) is 4.01. The van der Waals surface area contributed by atoms with Gasteiger partial charge in [0.2, 0.25) is 0 Å². The predicted molar refractivity (Wildman–Crippen MR) is 68.2 cm³/mol. The predicted octanol–water partition coefficient (Wildman–Crippen LogP) is 4.12. The highest BCUT2D eigenvalue weighted by Crippen LogP contribution is 2.37. The summed E-state index contributed by atoms with van der Waals surface area (Å²) >= 11 is 0. The molecule has 15 heavy (non-hydrogen) atoms. The van der Waals surface area contributed by atoms with Crippen molar-refractivity contribution in [1.82, 2.24) is 5.32 Å². The van der Waals surface area contributed by atoms with Crippen LogP contribution in [0.3, 0.4) is 0 Å². The van der Waals surface area contributed by atoms with Crippen molar-refractivity contribution in [1.29, 1.82) is 0 Å². The zero-order valence-corrected chi connectivity index (χ0v) is 11.1. The lowest BCUT2D eigenvalue weighted by atomic mass is 9.70. The van der Waals surface area contributed by atoms with E-state index in [-0.39, 0.29) is 0 Å². The Balaban J connectivity index is 2.64. The van der Waals surface area contributed by atoms with Gasteiger partial charge in [0, 0.05) is 11.6 Å². The molecule has 90 valence electrons. The molecule has 1 rings (SSSR count). The number of nitrogens with one attached hydrogen (secondary N) is 1. The van der Waals surface area contributed by atoms with E-state index in [9.17, 15) is 0 Å². The zero-order chi connectivity index (χ0) is 11.3. The second kappa shape index (κ2) is 5.89. The van der Waals surface area contributed by atoms with Crippen LogP contribution in [0, 0.1) is 5.92 Å². The van der Waals surface area contributed by atoms with Crippen molar-refractivity contribution in [3.05, 3.63) is 0 Å². The topological polar surface area (TPSA) is 12.0 Å². The van der Waals surface area contributed by atoms with Gasteiger partial charge in [0.25, 0.3) is 0 Å². The fourth-order valence-corrected chi connectivity index (χ4v) is 3.14. The summed E-state index contributed by atoms with van der Waals surface area (Å²) < 4.78 is 0. The minimum absolute atomic E-state index is 0.461. The van der Waals surface area contributed by atoms with Crippen LogP contribution in [0.4, 0.5) is 0 Å². The van der Waals surface area contributed by atoms with E-state index in [1.807, 2.05) is 0 Å². The molecule has 0 heterocycles. The summed E-state index contributed by atoms with van der Waals surface area (Å²) in [6.07, 6.45) is 9.76. The van der Waals surface area contributed by atoms with Crippen molar-refractivity contribution < 1.29 is 0 Å². The van der Waals surface area contributed by atoms with Gasteiger partial charge in [-0.15, -0.1) is 0 Å². The molecular weight excluding hydrogens is 182 g/mol. The molecule has 0 aromatic carbocycles. The Morgan fingerprint density at radius 3 is 2.60 bits per heavy atom. The largest absolute Gasteiger partial charge is 0.309 e. The van der Waals surface area contributed by atoms with Crippen LogP contribution in [0.5, 0.6) is 0 Å². The molecule has 1 heteroatoms. The average molecular weight is 211 g/mol. The van der Waals surface area contributed by atoms with E-state index in [1.54, 1.807) is 0 Å². The summed E-state index contributed by atoms with van der Waals surface area (Å²) in [5, 5.41) is 3.88. The molecule has 1 aliphatic carbocycles. The van der Waals surface area contributed by atoms with E-state index in [0.717, 1.165) is 5.92 Å². The van der Waals surface area contributed by atoms with E-state index < -0.39 is 0 Å². The molecule has 1 saturated carbocycles. The molecule has 1 fully saturated rings. The molecule has 1 N–H and O–H groups in total. The quantitative estimate of drug-likeness (QED) is 0.721. The molecule has 0 spiro atoms. The van der Waals surface area contributed by atoms with Gasteiger partial charge in [0.05, 0.1) is 0 Å². The van der Waals surface area contributed by atoms with Gasteiger partial charge in [0.1, 0.15) is 0 Å². The Morgan fingerprint density at radius 2 is 2.07 bits per heavy atom. The molecule has 1 nitrogen and oxygen atoms in total. The number of hydrogen-bond donors (Lipinski definition) is 1. The summed E-state index contributed by atoms with van der Waals surface area (Å²) in [7, 11) is 0. The molecule has 0 unspecified atom stereocenters. The summed E-state index contributed by atoms with van der Waals surface area (Å²) in [4.78, 5) is 0. The monoisotopic (exact) mass is 211 g/mol. The second-order valence-electron chi connectivity index (χ2n) is 5.71. The Labute approximate surface area is 96.0 Å². The first-order valence-electron chi connectivity index (χ1n) is 6.88. The van der Waals surface area contributed by atoms with Crippen molar-refractivity contribution in [2.75, 3.05) is 0 Å². The van der Waals surface area contributed by atoms with E-state index in [4.69, 9.17) is 0 Å². The first-order chi connectivity index (χ1) is 7.10. The van der Waals surface area contributed by atoms with Crippen LogP contribution in [0.15, 0.2) is 0 Å². The highest BCUT2D eigenvalue weighted by Gasteiger charge is 2.37. The molecule has 0 bridgehead atoms. The van der Waals surface area contributed by atoms with E-state index >= 15 is 0 Å². The number of rotatable bonds is 5. The van der Waals surface area contributed by atoms with Gasteiger partial charge in [-0.3, -0.25) is 0 Å². The summed E-state index contributed by atoms with van der Waals surface area (Å²) in [5.41, 5.74) is 0.461. The molecular formula is C14H29N. The Morgan fingerprint density at radius 1 is 1.33 bits per heavy atom. The molecule has 0 saturated heterocycles. The molecule has 2 atom stereocenters. The van der Waals surface area contributed by atoms with Crippen LogP contribution >= 0.6 is 0 Å². The molecule has 1 aliphatic rings. The van der Waals surface area contributed by atoms with Crippen LogP contribution in [-0.4, -0.2) is 11.6 Å². The van der Waals surface area contributed by atoms with E-state index in [2.05, 4.69) is 33.0 Å². The fraction of sp³-hybridized carbons (Fsp3) is 1.00. The van der Waals surface area contributed by atoms with Crippen LogP contribution < -0.4 is 5.32 Å². The normalized spacial score (nSPS) is 32.2. The second-order valence-corrected chi connectivity index (χ2v) is 5.71. The number of hydrogen-bond acceptors (Lipinski definition) is 1. The van der Waals surface area contributed by atoms with Crippen molar-refractivity contribution >= 4 is 0 Å². The lowest BCUT2D eigenvalue weighted by molar-refractivity contribution is 0.128. The Hall–Kier alpha value is -0.0400. The van der Waals surface area contributed by atoms with Gasteiger partial charge in [0.15, 0.2) is 0 Å². The average Bonchev–Trinajstić information content (AvgIpc) is 2.18. The maximum absolute atomic E-state index is 3.88. The molecule has 0 aliphatic heterocycles. The van der Waals surface area contributed by atoms with Gasteiger partial charge < -0.3 is 5.32 Å². The molecule has 0 amide bonds. The SMILES string of the molecule is CCCC[C@@]1(NC(C)C)CCCC[C@H]1C. The summed E-state index contributed by atoms with van der Waals surface area (Å²) in [5.74, 6) is 0.861. The minimum atomic E-state index is 0.461. The highest BCUT2D eigenvalue weighted by atomic mass is 15.0. The Bertz CT molecular complexity index is 176. The lowest BCUT2D eigenvalue weighted by Gasteiger charge is -2.45. The first kappa shape index (κ1) is 13.0. The molecule has 0 aromatic heterocycles. The standard InChI is InChI=1S/C14H29N/c1-5-6-10-14(15-12(2)3)11-8-7-9-13(14)4/h12-13,15H,5-11H2,1-4H3/t13-,14-/m1/s1. The Kier molecular flexibility index (Phi) is 5.11. The van der Waals surface area contributed by atoms with Gasteiger partial charge in [-0.25, -0.2) is 0 Å². The number of unbranched alkanes of at least 4 members (excludes halogenated alkanes) is 1. The van der Waals surface area contributed by atoms with Crippen molar-refractivity contribution in [3.63, 3.8) is 0 Å². The van der Waals surface area contributed by atoms with Gasteiger partial charge in [-0.05, 0) is 25.2 Å². The summed E-state index contributed by atoms with van der Waals surface area (Å²) in [6.45, 7) is 9.32. The van der Waals surface area contributed by atoms with Crippen LogP contribution in [0.25, 0.3) is 0 Å². The maximum atomic E-state index is 3.88. The van der Waals surface area contributed by atoms with E-state index in [1.165, 1.54) is 44.9 Å². The smallest absolute Gasteiger partial charge is 0.0209 e. The van der Waals surface area contributed by atoms with Crippen molar-refractivity contribution in [3.8, 4) is 0 Å².